The van der Waals surface area contributed by atoms with Crippen molar-refractivity contribution in [3.05, 3.63) is 71.0 Å². The summed E-state index contributed by atoms with van der Waals surface area (Å²) in [5.41, 5.74) is 1.96. The van der Waals surface area contributed by atoms with Gasteiger partial charge in [0, 0.05) is 11.1 Å². The summed E-state index contributed by atoms with van der Waals surface area (Å²) in [6.07, 6.45) is 7.37. The summed E-state index contributed by atoms with van der Waals surface area (Å²) in [5.74, 6) is -0.492. The molecule has 30 heavy (non-hydrogen) atoms. The monoisotopic (exact) mass is 406 g/mol. The molecule has 0 radical (unpaired) electrons. The van der Waals surface area contributed by atoms with E-state index in [4.69, 9.17) is 4.99 Å². The van der Waals surface area contributed by atoms with Crippen molar-refractivity contribution in [2.75, 3.05) is 0 Å². The molecular weight excluding hydrogens is 379 g/mol. The number of benzene rings is 2. The Balaban J connectivity index is 1.78. The van der Waals surface area contributed by atoms with E-state index in [1.165, 1.54) is 12.1 Å². The summed E-state index contributed by atoms with van der Waals surface area (Å²) < 4.78 is 13.9. The highest BCUT2D eigenvalue weighted by Gasteiger charge is 2.50. The van der Waals surface area contributed by atoms with Gasteiger partial charge in [0.1, 0.15) is 23.5 Å². The largest absolute Gasteiger partial charge is 0.305 e. The number of hydrogen-bond donors (Lipinski definition) is 0. The standard InChI is InChI=1S/C25H27FN2O2/c1-2-7-22(19-12-10-18(17-29)11-13-19)28-24(30)23(20-8-6-9-21(26)16-20)27-25(28)14-4-3-5-15-25/h6,8-13,16-17,22H,2-5,7,14-15H2,1H3. The maximum absolute atomic E-state index is 13.9. The van der Waals surface area contributed by atoms with E-state index < -0.39 is 5.66 Å². The van der Waals surface area contributed by atoms with Crippen molar-refractivity contribution in [3.63, 3.8) is 0 Å². The maximum atomic E-state index is 13.9. The van der Waals surface area contributed by atoms with Crippen molar-refractivity contribution < 1.29 is 14.0 Å². The Labute approximate surface area is 176 Å². The molecule has 0 aromatic heterocycles. The summed E-state index contributed by atoms with van der Waals surface area (Å²) in [7, 11) is 0. The predicted octanol–water partition coefficient (Wildman–Crippen LogP) is 5.47. The van der Waals surface area contributed by atoms with E-state index in [2.05, 4.69) is 6.92 Å². The van der Waals surface area contributed by atoms with Crippen LogP contribution in [0.5, 0.6) is 0 Å². The fourth-order valence-electron chi connectivity index (χ4n) is 4.85. The van der Waals surface area contributed by atoms with E-state index in [0.29, 0.717) is 16.8 Å². The molecule has 156 valence electrons. The van der Waals surface area contributed by atoms with Crippen LogP contribution in [-0.4, -0.2) is 28.5 Å². The molecule has 1 unspecified atom stereocenters. The average molecular weight is 407 g/mol. The lowest BCUT2D eigenvalue weighted by Crippen LogP contribution is -2.50. The molecule has 1 aliphatic carbocycles. The Morgan fingerprint density at radius 1 is 1.13 bits per heavy atom. The van der Waals surface area contributed by atoms with Gasteiger partial charge in [-0.15, -0.1) is 0 Å². The molecule has 2 aromatic carbocycles. The number of amides is 1. The predicted molar refractivity (Wildman–Crippen MR) is 115 cm³/mol. The zero-order valence-electron chi connectivity index (χ0n) is 17.3. The summed E-state index contributed by atoms with van der Waals surface area (Å²) in [4.78, 5) is 31.7. The molecule has 1 spiro atoms. The molecule has 0 N–H and O–H groups in total. The van der Waals surface area contributed by atoms with Crippen LogP contribution in [0.25, 0.3) is 0 Å². The normalized spacial score (nSPS) is 19.1. The molecule has 2 aliphatic rings. The SMILES string of the molecule is CCCC(c1ccc(C=O)cc1)N1C(=O)C(c2cccc(F)c2)=NC12CCCCC2. The van der Waals surface area contributed by atoms with Gasteiger partial charge in [-0.1, -0.05) is 56.2 Å². The van der Waals surface area contributed by atoms with Crippen molar-refractivity contribution in [1.29, 1.82) is 0 Å². The Morgan fingerprint density at radius 3 is 2.50 bits per heavy atom. The molecule has 0 bridgehead atoms. The first-order valence-corrected chi connectivity index (χ1v) is 10.8. The number of rotatable bonds is 6. The van der Waals surface area contributed by atoms with Crippen molar-refractivity contribution in [3.8, 4) is 0 Å². The highest BCUT2D eigenvalue weighted by Crippen LogP contribution is 2.45. The van der Waals surface area contributed by atoms with E-state index in [-0.39, 0.29) is 17.8 Å². The zero-order chi connectivity index (χ0) is 21.1. The first-order chi connectivity index (χ1) is 14.6. The number of aldehydes is 1. The lowest BCUT2D eigenvalue weighted by atomic mass is 9.86. The molecule has 1 atom stereocenters. The second-order valence-corrected chi connectivity index (χ2v) is 8.28. The molecule has 1 heterocycles. The van der Waals surface area contributed by atoms with Crippen LogP contribution in [0.2, 0.25) is 0 Å². The Kier molecular flexibility index (Phi) is 5.80. The first-order valence-electron chi connectivity index (χ1n) is 10.8. The van der Waals surface area contributed by atoms with Gasteiger partial charge in [-0.05, 0) is 49.8 Å². The molecule has 1 fully saturated rings. The fraction of sp³-hybridized carbons (Fsp3) is 0.400. The minimum absolute atomic E-state index is 0.125. The van der Waals surface area contributed by atoms with Gasteiger partial charge < -0.3 is 4.90 Å². The van der Waals surface area contributed by atoms with E-state index in [1.54, 1.807) is 24.3 Å². The second kappa shape index (κ2) is 8.50. The number of carbonyl (C=O) groups is 2. The number of aliphatic imine (C=N–C) groups is 1. The van der Waals surface area contributed by atoms with Gasteiger partial charge >= 0.3 is 0 Å². The second-order valence-electron chi connectivity index (χ2n) is 8.28. The van der Waals surface area contributed by atoms with Gasteiger partial charge in [0.25, 0.3) is 5.91 Å². The molecule has 2 aromatic rings. The van der Waals surface area contributed by atoms with Gasteiger partial charge in [-0.25, -0.2) is 4.39 Å². The maximum Gasteiger partial charge on any atom is 0.275 e. The fourth-order valence-corrected chi connectivity index (χ4v) is 4.85. The molecule has 1 aliphatic heterocycles. The highest BCUT2D eigenvalue weighted by molar-refractivity contribution is 6.46. The topological polar surface area (TPSA) is 49.7 Å². The number of carbonyl (C=O) groups excluding carboxylic acids is 2. The van der Waals surface area contributed by atoms with Gasteiger partial charge in [0.2, 0.25) is 0 Å². The number of hydrogen-bond acceptors (Lipinski definition) is 3. The summed E-state index contributed by atoms with van der Waals surface area (Å²) in [6, 6.07) is 13.5. The average Bonchev–Trinajstić information content (AvgIpc) is 3.04. The minimum Gasteiger partial charge on any atom is -0.305 e. The molecule has 4 nitrogen and oxygen atoms in total. The van der Waals surface area contributed by atoms with Crippen LogP contribution in [-0.2, 0) is 4.79 Å². The molecule has 1 amide bonds. The summed E-state index contributed by atoms with van der Waals surface area (Å²) >= 11 is 0. The Hall–Kier alpha value is -2.82. The lowest BCUT2D eigenvalue weighted by Gasteiger charge is -2.44. The van der Waals surface area contributed by atoms with Crippen LogP contribution in [0.3, 0.4) is 0 Å². The number of halogens is 1. The quantitative estimate of drug-likeness (QED) is 0.597. The lowest BCUT2D eigenvalue weighted by molar-refractivity contribution is -0.132. The van der Waals surface area contributed by atoms with Crippen LogP contribution in [0, 0.1) is 5.82 Å². The smallest absolute Gasteiger partial charge is 0.275 e. The van der Waals surface area contributed by atoms with Crippen molar-refractivity contribution in [2.24, 2.45) is 4.99 Å². The summed E-state index contributed by atoms with van der Waals surface area (Å²) in [5, 5.41) is 0. The van der Waals surface area contributed by atoms with Crippen LogP contribution in [0.1, 0.15) is 79.4 Å². The zero-order valence-corrected chi connectivity index (χ0v) is 17.3. The van der Waals surface area contributed by atoms with Crippen LogP contribution < -0.4 is 0 Å². The molecule has 1 saturated carbocycles. The minimum atomic E-state index is -0.569. The van der Waals surface area contributed by atoms with Crippen molar-refractivity contribution in [2.45, 2.75) is 63.6 Å². The van der Waals surface area contributed by atoms with Crippen molar-refractivity contribution >= 4 is 17.9 Å². The van der Waals surface area contributed by atoms with E-state index in [0.717, 1.165) is 56.8 Å². The molecule has 5 heteroatoms. The van der Waals surface area contributed by atoms with Crippen LogP contribution in [0.15, 0.2) is 53.5 Å². The Morgan fingerprint density at radius 2 is 1.87 bits per heavy atom. The first kappa shape index (κ1) is 20.5. The Bertz CT molecular complexity index is 961. The molecule has 4 rings (SSSR count). The summed E-state index contributed by atoms with van der Waals surface area (Å²) in [6.45, 7) is 2.11. The van der Waals surface area contributed by atoms with Crippen molar-refractivity contribution in [1.82, 2.24) is 4.90 Å². The highest BCUT2D eigenvalue weighted by atomic mass is 19.1. The van der Waals surface area contributed by atoms with Gasteiger partial charge in [0.05, 0.1) is 6.04 Å². The molecular formula is C25H27FN2O2. The van der Waals surface area contributed by atoms with Gasteiger partial charge in [-0.2, -0.15) is 0 Å². The molecule has 0 saturated heterocycles. The van der Waals surface area contributed by atoms with E-state index in [9.17, 15) is 14.0 Å². The van der Waals surface area contributed by atoms with Crippen LogP contribution >= 0.6 is 0 Å². The van der Waals surface area contributed by atoms with Gasteiger partial charge in [-0.3, -0.25) is 14.6 Å². The third-order valence-corrected chi connectivity index (χ3v) is 6.27. The van der Waals surface area contributed by atoms with Gasteiger partial charge in [0.15, 0.2) is 0 Å². The van der Waals surface area contributed by atoms with Crippen LogP contribution in [0.4, 0.5) is 4.39 Å². The third-order valence-electron chi connectivity index (χ3n) is 6.27. The van der Waals surface area contributed by atoms with E-state index >= 15 is 0 Å². The number of nitrogens with zero attached hydrogens (tertiary/aromatic N) is 2. The third kappa shape index (κ3) is 3.69. The van der Waals surface area contributed by atoms with E-state index in [1.807, 2.05) is 17.0 Å².